The number of nitrogens with zero attached hydrogens (tertiary/aromatic N) is 3. The van der Waals surface area contributed by atoms with Gasteiger partial charge >= 0.3 is 0 Å². The first kappa shape index (κ1) is 22.2. The number of methoxy groups -OCH3 is 1. The summed E-state index contributed by atoms with van der Waals surface area (Å²) in [7, 11) is 1.64. The molecule has 31 heavy (non-hydrogen) atoms. The summed E-state index contributed by atoms with van der Waals surface area (Å²) in [6, 6.07) is 5.91. The van der Waals surface area contributed by atoms with Crippen LogP contribution >= 0.6 is 47.1 Å². The first-order valence-electron chi connectivity index (χ1n) is 9.71. The molecule has 1 fully saturated rings. The summed E-state index contributed by atoms with van der Waals surface area (Å²) in [4.78, 5) is 31.6. The number of thiocarbonyl (C=S) groups is 1. The minimum Gasteiger partial charge on any atom is -0.497 e. The Morgan fingerprint density at radius 2 is 1.90 bits per heavy atom. The maximum Gasteiger partial charge on any atom is 0.272 e. The molecule has 2 aliphatic heterocycles. The van der Waals surface area contributed by atoms with Crippen LogP contribution in [0.2, 0.25) is 0 Å². The average molecular weight is 492 g/mol. The Labute approximate surface area is 197 Å². The van der Waals surface area contributed by atoms with Crippen LogP contribution in [0.15, 0.2) is 40.5 Å². The molecule has 3 heterocycles. The highest BCUT2D eigenvalue weighted by molar-refractivity contribution is 8.30. The molecule has 2 aromatic rings. The Hall–Kier alpha value is -2.01. The van der Waals surface area contributed by atoms with Gasteiger partial charge in [0.15, 0.2) is 0 Å². The van der Waals surface area contributed by atoms with E-state index in [4.69, 9.17) is 17.0 Å². The number of fused-ring (bicyclic) bond motifs is 1. The van der Waals surface area contributed by atoms with Crippen LogP contribution in [0.3, 0.4) is 0 Å². The van der Waals surface area contributed by atoms with Crippen molar-refractivity contribution >= 4 is 72.9 Å². The second-order valence-electron chi connectivity index (χ2n) is 6.67. The van der Waals surface area contributed by atoms with Gasteiger partial charge in [0.1, 0.15) is 29.2 Å². The average Bonchev–Trinajstić information content (AvgIpc) is 3.38. The molecule has 10 heteroatoms. The molecular weight excluding hydrogens is 471 g/mol. The lowest BCUT2D eigenvalue weighted by Gasteiger charge is -2.17. The zero-order valence-corrected chi connectivity index (χ0v) is 20.6. The zero-order chi connectivity index (χ0) is 22.3. The van der Waals surface area contributed by atoms with Crippen LogP contribution in [0.5, 0.6) is 5.75 Å². The summed E-state index contributed by atoms with van der Waals surface area (Å²) in [6.07, 6.45) is 1.67. The number of hydrogen-bond donors (Lipinski definition) is 0. The number of thiazole rings is 1. The topological polar surface area (TPSA) is 54.8 Å². The molecule has 0 unspecified atom stereocenters. The fraction of sp³-hybridized carbons (Fsp3) is 0.286. The van der Waals surface area contributed by atoms with E-state index < -0.39 is 0 Å². The molecule has 1 aromatic heterocycles. The molecule has 0 radical (unpaired) electrons. The van der Waals surface area contributed by atoms with E-state index in [9.17, 15) is 9.59 Å². The van der Waals surface area contributed by atoms with Gasteiger partial charge in [0.2, 0.25) is 0 Å². The third-order valence-corrected chi connectivity index (χ3v) is 9.04. The second-order valence-corrected chi connectivity index (χ2v) is 10.3. The molecule has 0 atom stereocenters. The Balaban J connectivity index is 1.99. The van der Waals surface area contributed by atoms with E-state index in [2.05, 4.69) is 18.4 Å². The fourth-order valence-electron chi connectivity index (χ4n) is 3.48. The summed E-state index contributed by atoms with van der Waals surface area (Å²) in [5.74, 6) is 0.624. The van der Waals surface area contributed by atoms with Crippen molar-refractivity contribution in [2.45, 2.75) is 25.3 Å². The van der Waals surface area contributed by atoms with Crippen LogP contribution in [0.25, 0.3) is 9.93 Å². The van der Waals surface area contributed by atoms with Crippen molar-refractivity contribution in [1.29, 1.82) is 0 Å². The number of thioether (sulfide) groups is 2. The monoisotopic (exact) mass is 491 g/mol. The number of hydrogen-bond acceptors (Lipinski definition) is 8. The van der Waals surface area contributed by atoms with Gasteiger partial charge in [-0.05, 0) is 26.0 Å². The van der Waals surface area contributed by atoms with Gasteiger partial charge in [-0.25, -0.2) is 0 Å². The third-order valence-electron chi connectivity index (χ3n) is 4.97. The van der Waals surface area contributed by atoms with Gasteiger partial charge in [-0.2, -0.15) is 0 Å². The SMILES string of the molecule is C=CCn1c(=C2SC(=S)N(CC)C2=O)s/c(=C2/Sc3ccc(OC)cc3N2CC)c1=O. The number of ether oxygens (including phenoxy) is 1. The molecule has 0 N–H and O–H groups in total. The molecule has 1 amide bonds. The number of amides is 1. The van der Waals surface area contributed by atoms with E-state index in [1.165, 1.54) is 23.1 Å². The van der Waals surface area contributed by atoms with E-state index >= 15 is 0 Å². The van der Waals surface area contributed by atoms with Crippen molar-refractivity contribution in [3.05, 3.63) is 50.4 Å². The van der Waals surface area contributed by atoms with E-state index in [1.54, 1.807) is 34.4 Å². The van der Waals surface area contributed by atoms with Crippen LogP contribution < -0.4 is 24.4 Å². The lowest BCUT2D eigenvalue weighted by atomic mass is 10.2. The molecule has 1 saturated heterocycles. The number of rotatable bonds is 5. The number of benzene rings is 1. The third kappa shape index (κ3) is 3.65. The van der Waals surface area contributed by atoms with Crippen molar-refractivity contribution in [1.82, 2.24) is 9.47 Å². The van der Waals surface area contributed by atoms with Crippen molar-refractivity contribution < 1.29 is 9.53 Å². The fourth-order valence-corrected chi connectivity index (χ4v) is 7.51. The summed E-state index contributed by atoms with van der Waals surface area (Å²) in [5.41, 5.74) is 0.895. The Morgan fingerprint density at radius 3 is 2.52 bits per heavy atom. The van der Waals surface area contributed by atoms with Crippen LogP contribution in [-0.4, -0.2) is 39.9 Å². The van der Waals surface area contributed by atoms with Crippen LogP contribution in [0.4, 0.5) is 5.69 Å². The smallest absolute Gasteiger partial charge is 0.272 e. The number of carbonyl (C=O) groups excluding carboxylic acids is 1. The Bertz CT molecular complexity index is 1280. The predicted octanol–water partition coefficient (Wildman–Crippen LogP) is 2.79. The zero-order valence-electron chi connectivity index (χ0n) is 17.3. The van der Waals surface area contributed by atoms with Crippen molar-refractivity contribution in [3.63, 3.8) is 0 Å². The van der Waals surface area contributed by atoms with E-state index in [0.717, 1.165) is 21.4 Å². The number of carbonyl (C=O) groups is 1. The number of aromatic nitrogens is 1. The van der Waals surface area contributed by atoms with Crippen molar-refractivity contribution in [2.75, 3.05) is 25.1 Å². The summed E-state index contributed by atoms with van der Waals surface area (Å²) in [5, 5.41) is 0.871. The number of allylic oxidation sites excluding steroid dienone is 1. The van der Waals surface area contributed by atoms with Gasteiger partial charge in [-0.15, -0.1) is 17.9 Å². The Kier molecular flexibility index (Phi) is 6.34. The first-order valence-corrected chi connectivity index (χ1v) is 12.6. The minimum absolute atomic E-state index is 0.123. The Morgan fingerprint density at radius 1 is 1.16 bits per heavy atom. The summed E-state index contributed by atoms with van der Waals surface area (Å²) >= 11 is 9.54. The molecule has 0 saturated carbocycles. The maximum atomic E-state index is 13.5. The highest BCUT2D eigenvalue weighted by Gasteiger charge is 2.33. The minimum atomic E-state index is -0.146. The highest BCUT2D eigenvalue weighted by Crippen LogP contribution is 2.47. The van der Waals surface area contributed by atoms with Crippen LogP contribution in [0.1, 0.15) is 13.8 Å². The van der Waals surface area contributed by atoms with E-state index in [-0.39, 0.29) is 11.5 Å². The van der Waals surface area contributed by atoms with Gasteiger partial charge in [-0.3, -0.25) is 19.1 Å². The molecule has 0 aliphatic carbocycles. The number of anilines is 1. The molecule has 6 nitrogen and oxygen atoms in total. The maximum absolute atomic E-state index is 13.5. The lowest BCUT2D eigenvalue weighted by Crippen LogP contribution is -2.35. The van der Waals surface area contributed by atoms with Gasteiger partial charge in [-0.1, -0.05) is 41.8 Å². The van der Waals surface area contributed by atoms with Crippen molar-refractivity contribution in [3.8, 4) is 5.75 Å². The predicted molar refractivity (Wildman–Crippen MR) is 134 cm³/mol. The van der Waals surface area contributed by atoms with Crippen LogP contribution in [-0.2, 0) is 11.3 Å². The van der Waals surface area contributed by atoms with Crippen LogP contribution in [0, 0.1) is 0 Å². The summed E-state index contributed by atoms with van der Waals surface area (Å²) in [6.45, 7) is 9.26. The van der Waals surface area contributed by atoms with Gasteiger partial charge in [0.25, 0.3) is 11.5 Å². The highest BCUT2D eigenvalue weighted by atomic mass is 32.2. The van der Waals surface area contributed by atoms with Crippen molar-refractivity contribution in [2.24, 2.45) is 0 Å². The molecule has 0 bridgehead atoms. The van der Waals surface area contributed by atoms with Gasteiger partial charge in [0, 0.05) is 30.6 Å². The summed E-state index contributed by atoms with van der Waals surface area (Å²) < 4.78 is 8.77. The van der Waals surface area contributed by atoms with Gasteiger partial charge < -0.3 is 9.64 Å². The molecule has 0 spiro atoms. The van der Waals surface area contributed by atoms with E-state index in [1.807, 2.05) is 25.1 Å². The standard InChI is InChI=1S/C21H21N3O3S4/c1-5-10-24-18(26)15(30-20(24)16-17(25)23(7-3)21(28)31-16)19-22(6-2)13-11-12(27-4)8-9-14(13)29-19/h5,8-9,11H,1,6-7,10H2,2-4H3/b19-15+,20-16?. The largest absolute Gasteiger partial charge is 0.497 e. The molecule has 4 rings (SSSR count). The first-order chi connectivity index (χ1) is 14.9. The lowest BCUT2D eigenvalue weighted by molar-refractivity contribution is -0.120. The molecule has 2 aliphatic rings. The van der Waals surface area contributed by atoms with E-state index in [0.29, 0.717) is 38.1 Å². The molecule has 162 valence electrons. The van der Waals surface area contributed by atoms with Gasteiger partial charge in [0.05, 0.1) is 12.8 Å². The molecule has 1 aromatic carbocycles. The second kappa shape index (κ2) is 8.85. The quantitative estimate of drug-likeness (QED) is 0.471. The normalized spacial score (nSPS) is 19.3. The molecular formula is C21H21N3O3S4.